The standard InChI is InChI=1S/C25H32F2N2O6S/c1-3-34-22-15-18(28-24(31)21(16-30)17-8-5-4-6-9-17)12-13-23(22)36(32,33)29-19-10-7-11-20(14-19)35-25(2,26)27/h7,10-15,17,21,29-30H,3-6,8-9,16H2,1-2H3,(H,28,31). The van der Waals surface area contributed by atoms with Gasteiger partial charge in [-0.3, -0.25) is 9.52 Å². The van der Waals surface area contributed by atoms with Crippen LogP contribution in [0.4, 0.5) is 20.2 Å². The van der Waals surface area contributed by atoms with Crippen LogP contribution in [0.3, 0.4) is 0 Å². The van der Waals surface area contributed by atoms with Crippen LogP contribution in [0.2, 0.25) is 0 Å². The van der Waals surface area contributed by atoms with Crippen LogP contribution in [-0.4, -0.2) is 38.8 Å². The molecule has 0 aliphatic heterocycles. The van der Waals surface area contributed by atoms with Gasteiger partial charge in [-0.25, -0.2) is 8.42 Å². The lowest BCUT2D eigenvalue weighted by Crippen LogP contribution is -2.33. The molecule has 2 aromatic rings. The minimum Gasteiger partial charge on any atom is -0.492 e. The van der Waals surface area contributed by atoms with Crippen molar-refractivity contribution in [2.75, 3.05) is 23.3 Å². The molecule has 11 heteroatoms. The Morgan fingerprint density at radius 2 is 1.86 bits per heavy atom. The molecule has 1 aliphatic rings. The van der Waals surface area contributed by atoms with E-state index in [2.05, 4.69) is 14.8 Å². The lowest BCUT2D eigenvalue weighted by atomic mass is 9.80. The number of aliphatic hydroxyl groups is 1. The highest BCUT2D eigenvalue weighted by Gasteiger charge is 2.30. The number of halogens is 2. The number of rotatable bonds is 11. The smallest absolute Gasteiger partial charge is 0.394 e. The average molecular weight is 527 g/mol. The maximum Gasteiger partial charge on any atom is 0.394 e. The molecule has 1 unspecified atom stereocenters. The van der Waals surface area contributed by atoms with Crippen molar-refractivity contribution in [2.45, 2.75) is 57.0 Å². The van der Waals surface area contributed by atoms with Crippen molar-refractivity contribution in [3.8, 4) is 11.5 Å². The Morgan fingerprint density at radius 3 is 2.50 bits per heavy atom. The van der Waals surface area contributed by atoms with Crippen LogP contribution >= 0.6 is 0 Å². The fourth-order valence-electron chi connectivity index (χ4n) is 4.33. The van der Waals surface area contributed by atoms with Gasteiger partial charge in [0.15, 0.2) is 0 Å². The largest absolute Gasteiger partial charge is 0.492 e. The predicted octanol–water partition coefficient (Wildman–Crippen LogP) is 5.00. The number of nitrogens with one attached hydrogen (secondary N) is 2. The molecule has 1 aliphatic carbocycles. The Kier molecular flexibility index (Phi) is 9.13. The van der Waals surface area contributed by atoms with Gasteiger partial charge in [0.25, 0.3) is 10.0 Å². The molecular weight excluding hydrogens is 494 g/mol. The van der Waals surface area contributed by atoms with Crippen LogP contribution in [-0.2, 0) is 14.8 Å². The van der Waals surface area contributed by atoms with Gasteiger partial charge in [0, 0.05) is 24.7 Å². The molecule has 0 spiro atoms. The lowest BCUT2D eigenvalue weighted by Gasteiger charge is -2.28. The van der Waals surface area contributed by atoms with E-state index >= 15 is 0 Å². The third-order valence-electron chi connectivity index (χ3n) is 5.94. The van der Waals surface area contributed by atoms with Crippen LogP contribution in [0.25, 0.3) is 0 Å². The molecule has 198 valence electrons. The van der Waals surface area contributed by atoms with Crippen LogP contribution in [0.5, 0.6) is 11.5 Å². The molecule has 0 bridgehead atoms. The first-order chi connectivity index (χ1) is 17.0. The molecule has 1 fully saturated rings. The topological polar surface area (TPSA) is 114 Å². The Hall–Kier alpha value is -2.92. The normalized spacial score (nSPS) is 15.7. The summed E-state index contributed by atoms with van der Waals surface area (Å²) in [5, 5.41) is 12.6. The minimum atomic E-state index is -4.18. The summed E-state index contributed by atoms with van der Waals surface area (Å²) in [4.78, 5) is 12.7. The first kappa shape index (κ1) is 27.7. The van der Waals surface area contributed by atoms with E-state index in [9.17, 15) is 27.1 Å². The Balaban J connectivity index is 1.80. The molecule has 1 amide bonds. The fraction of sp³-hybridized carbons (Fsp3) is 0.480. The average Bonchev–Trinajstić information content (AvgIpc) is 2.79. The molecule has 8 nitrogen and oxygen atoms in total. The second kappa shape index (κ2) is 11.9. The van der Waals surface area contributed by atoms with Gasteiger partial charge in [-0.05, 0) is 49.9 Å². The summed E-state index contributed by atoms with van der Waals surface area (Å²) in [6.07, 6.45) is 1.52. The van der Waals surface area contributed by atoms with Crippen LogP contribution < -0.4 is 19.5 Å². The Bertz CT molecular complexity index is 1150. The number of ether oxygens (including phenoxy) is 2. The van der Waals surface area contributed by atoms with E-state index in [0.29, 0.717) is 12.6 Å². The van der Waals surface area contributed by atoms with E-state index in [-0.39, 0.29) is 47.1 Å². The van der Waals surface area contributed by atoms with Gasteiger partial charge in [-0.15, -0.1) is 0 Å². The van der Waals surface area contributed by atoms with Gasteiger partial charge in [0.1, 0.15) is 16.4 Å². The summed E-state index contributed by atoms with van der Waals surface area (Å²) in [5.41, 5.74) is 0.354. The van der Waals surface area contributed by atoms with Gasteiger partial charge in [0.05, 0.1) is 24.8 Å². The molecule has 0 aromatic heterocycles. The first-order valence-electron chi connectivity index (χ1n) is 11.9. The summed E-state index contributed by atoms with van der Waals surface area (Å²) in [7, 11) is -4.18. The molecule has 36 heavy (non-hydrogen) atoms. The van der Waals surface area contributed by atoms with Crippen molar-refractivity contribution in [3.05, 3.63) is 42.5 Å². The van der Waals surface area contributed by atoms with Crippen LogP contribution in [0, 0.1) is 11.8 Å². The zero-order chi connectivity index (χ0) is 26.3. The maximum atomic E-state index is 13.2. The van der Waals surface area contributed by atoms with Crippen molar-refractivity contribution < 1.29 is 36.6 Å². The van der Waals surface area contributed by atoms with Crippen molar-refractivity contribution in [2.24, 2.45) is 11.8 Å². The number of hydrogen-bond donors (Lipinski definition) is 3. The molecule has 0 saturated heterocycles. The van der Waals surface area contributed by atoms with Crippen molar-refractivity contribution in [3.63, 3.8) is 0 Å². The van der Waals surface area contributed by atoms with Crippen molar-refractivity contribution >= 4 is 27.3 Å². The number of amides is 1. The van der Waals surface area contributed by atoms with E-state index in [0.717, 1.165) is 38.2 Å². The second-order valence-electron chi connectivity index (χ2n) is 8.81. The zero-order valence-electron chi connectivity index (χ0n) is 20.3. The van der Waals surface area contributed by atoms with Crippen LogP contribution in [0.1, 0.15) is 46.0 Å². The monoisotopic (exact) mass is 526 g/mol. The molecule has 3 rings (SSSR count). The molecule has 1 atom stereocenters. The van der Waals surface area contributed by atoms with E-state index in [1.54, 1.807) is 6.92 Å². The highest BCUT2D eigenvalue weighted by atomic mass is 32.2. The number of hydrogen-bond acceptors (Lipinski definition) is 6. The summed E-state index contributed by atoms with van der Waals surface area (Å²) in [6.45, 7) is 2.16. The van der Waals surface area contributed by atoms with E-state index < -0.39 is 22.0 Å². The number of carbonyl (C=O) groups excluding carboxylic acids is 1. The molecule has 1 saturated carbocycles. The minimum absolute atomic E-state index is 0.00788. The lowest BCUT2D eigenvalue weighted by molar-refractivity contribution is -0.158. The number of anilines is 2. The third-order valence-corrected chi connectivity index (χ3v) is 7.36. The quantitative estimate of drug-likeness (QED) is 0.380. The molecular formula is C25H32F2N2O6S. The number of sulfonamides is 1. The summed E-state index contributed by atoms with van der Waals surface area (Å²) in [5.74, 6) is -0.969. The Morgan fingerprint density at radius 1 is 1.14 bits per heavy atom. The Labute approximate surface area is 210 Å². The van der Waals surface area contributed by atoms with Gasteiger partial charge < -0.3 is 19.9 Å². The van der Waals surface area contributed by atoms with Crippen molar-refractivity contribution in [1.29, 1.82) is 0 Å². The number of alkyl halides is 2. The van der Waals surface area contributed by atoms with Crippen molar-refractivity contribution in [1.82, 2.24) is 0 Å². The highest BCUT2D eigenvalue weighted by Crippen LogP contribution is 2.33. The maximum absolute atomic E-state index is 13.2. The zero-order valence-corrected chi connectivity index (χ0v) is 21.1. The number of carbonyl (C=O) groups is 1. The van der Waals surface area contributed by atoms with Crippen LogP contribution in [0.15, 0.2) is 47.4 Å². The summed E-state index contributed by atoms with van der Waals surface area (Å²) in [6, 6.07) is 9.33. The van der Waals surface area contributed by atoms with Gasteiger partial charge in [-0.1, -0.05) is 25.3 Å². The fourth-order valence-corrected chi connectivity index (χ4v) is 5.51. The summed E-state index contributed by atoms with van der Waals surface area (Å²) >= 11 is 0. The molecule has 0 heterocycles. The van der Waals surface area contributed by atoms with Gasteiger partial charge >= 0.3 is 6.11 Å². The number of benzene rings is 2. The molecule has 3 N–H and O–H groups in total. The first-order valence-corrected chi connectivity index (χ1v) is 13.4. The third kappa shape index (κ3) is 7.54. The van der Waals surface area contributed by atoms with E-state index in [4.69, 9.17) is 4.74 Å². The second-order valence-corrected chi connectivity index (χ2v) is 10.5. The van der Waals surface area contributed by atoms with Gasteiger partial charge in [-0.2, -0.15) is 8.78 Å². The predicted molar refractivity (Wildman–Crippen MR) is 132 cm³/mol. The molecule has 2 aromatic carbocycles. The summed E-state index contributed by atoms with van der Waals surface area (Å²) < 4.78 is 64.9. The number of aliphatic hydroxyl groups excluding tert-OH is 1. The van der Waals surface area contributed by atoms with E-state index in [1.807, 2.05) is 0 Å². The highest BCUT2D eigenvalue weighted by molar-refractivity contribution is 7.92. The SMILES string of the molecule is CCOc1cc(NC(=O)C(CO)C2CCCCC2)ccc1S(=O)(=O)Nc1cccc(OC(C)(F)F)c1. The van der Waals surface area contributed by atoms with E-state index in [1.165, 1.54) is 36.4 Å². The van der Waals surface area contributed by atoms with Gasteiger partial charge in [0.2, 0.25) is 5.91 Å². The molecule has 0 radical (unpaired) electrons.